The number of halogens is 1. The summed E-state index contributed by atoms with van der Waals surface area (Å²) in [6.45, 7) is 0. The average Bonchev–Trinajstić information content (AvgIpc) is 2.50. The molecule has 0 saturated heterocycles. The highest BCUT2D eigenvalue weighted by molar-refractivity contribution is 5.94. The lowest BCUT2D eigenvalue weighted by Crippen LogP contribution is -2.30. The van der Waals surface area contributed by atoms with Crippen molar-refractivity contribution in [3.05, 3.63) is 71.5 Å². The van der Waals surface area contributed by atoms with Crippen molar-refractivity contribution in [3.63, 3.8) is 0 Å². The second-order valence-corrected chi connectivity index (χ2v) is 4.37. The summed E-state index contributed by atoms with van der Waals surface area (Å²) in [4.78, 5) is 13.6. The number of nitriles is 1. The van der Waals surface area contributed by atoms with Gasteiger partial charge in [-0.2, -0.15) is 5.26 Å². The van der Waals surface area contributed by atoms with Crippen LogP contribution in [-0.4, -0.2) is 17.9 Å². The minimum absolute atomic E-state index is 0.249. The topological polar surface area (TPSA) is 44.1 Å². The number of hydrogen-bond donors (Lipinski definition) is 0. The van der Waals surface area contributed by atoms with E-state index in [1.54, 1.807) is 31.3 Å². The van der Waals surface area contributed by atoms with Crippen molar-refractivity contribution in [2.24, 2.45) is 0 Å². The third-order valence-corrected chi connectivity index (χ3v) is 3.04. The van der Waals surface area contributed by atoms with Gasteiger partial charge in [-0.1, -0.05) is 30.3 Å². The molecule has 0 heterocycles. The van der Waals surface area contributed by atoms with Gasteiger partial charge >= 0.3 is 0 Å². The van der Waals surface area contributed by atoms with Gasteiger partial charge in [0.1, 0.15) is 11.9 Å². The highest BCUT2D eigenvalue weighted by Crippen LogP contribution is 2.21. The van der Waals surface area contributed by atoms with Gasteiger partial charge < -0.3 is 4.90 Å². The van der Waals surface area contributed by atoms with Gasteiger partial charge in [-0.25, -0.2) is 4.39 Å². The Morgan fingerprint density at radius 2 is 1.75 bits per heavy atom. The molecule has 1 unspecified atom stereocenters. The van der Waals surface area contributed by atoms with E-state index in [0.29, 0.717) is 11.1 Å². The maximum absolute atomic E-state index is 12.9. The highest BCUT2D eigenvalue weighted by atomic mass is 19.1. The molecule has 0 spiro atoms. The van der Waals surface area contributed by atoms with Crippen LogP contribution in [0.15, 0.2) is 54.6 Å². The fourth-order valence-electron chi connectivity index (χ4n) is 1.93. The van der Waals surface area contributed by atoms with E-state index in [9.17, 15) is 14.4 Å². The van der Waals surface area contributed by atoms with E-state index in [0.717, 1.165) is 0 Å². The zero-order chi connectivity index (χ0) is 14.5. The Hall–Kier alpha value is -2.67. The van der Waals surface area contributed by atoms with Crippen LogP contribution in [0, 0.1) is 17.1 Å². The van der Waals surface area contributed by atoms with Gasteiger partial charge in [0, 0.05) is 12.6 Å². The summed E-state index contributed by atoms with van der Waals surface area (Å²) in [5.41, 5.74) is 1.10. The molecule has 0 bridgehead atoms. The van der Waals surface area contributed by atoms with E-state index >= 15 is 0 Å². The first-order valence-electron chi connectivity index (χ1n) is 6.11. The molecule has 4 heteroatoms. The van der Waals surface area contributed by atoms with Crippen LogP contribution in [0.4, 0.5) is 4.39 Å². The van der Waals surface area contributed by atoms with Crippen molar-refractivity contribution in [1.82, 2.24) is 4.90 Å². The maximum atomic E-state index is 12.9. The van der Waals surface area contributed by atoms with Crippen LogP contribution < -0.4 is 0 Å². The molecule has 1 amide bonds. The van der Waals surface area contributed by atoms with Crippen LogP contribution in [0.1, 0.15) is 22.0 Å². The Bertz CT molecular complexity index is 632. The first kappa shape index (κ1) is 13.8. The molecule has 0 aromatic heterocycles. The van der Waals surface area contributed by atoms with Crippen molar-refractivity contribution < 1.29 is 9.18 Å². The smallest absolute Gasteiger partial charge is 0.254 e. The van der Waals surface area contributed by atoms with Gasteiger partial charge in [0.05, 0.1) is 6.07 Å². The van der Waals surface area contributed by atoms with Gasteiger partial charge in [-0.15, -0.1) is 0 Å². The minimum Gasteiger partial charge on any atom is -0.322 e. The number of carbonyl (C=O) groups is 1. The summed E-state index contributed by atoms with van der Waals surface area (Å²) in [6.07, 6.45) is 0. The Morgan fingerprint density at radius 1 is 1.15 bits per heavy atom. The van der Waals surface area contributed by atoms with E-state index < -0.39 is 6.04 Å². The molecular formula is C16H13FN2O. The maximum Gasteiger partial charge on any atom is 0.254 e. The predicted molar refractivity (Wildman–Crippen MR) is 73.3 cm³/mol. The first-order chi connectivity index (χ1) is 9.63. The molecule has 2 aromatic rings. The summed E-state index contributed by atoms with van der Waals surface area (Å²) in [5, 5.41) is 9.28. The minimum atomic E-state index is -0.747. The third kappa shape index (κ3) is 2.83. The second-order valence-electron chi connectivity index (χ2n) is 4.37. The molecule has 0 aliphatic rings. The van der Waals surface area contributed by atoms with Gasteiger partial charge in [-0.05, 0) is 29.8 Å². The van der Waals surface area contributed by atoms with Gasteiger partial charge in [0.25, 0.3) is 5.91 Å². The zero-order valence-electron chi connectivity index (χ0n) is 11.0. The van der Waals surface area contributed by atoms with E-state index in [1.807, 2.05) is 6.07 Å². The number of amides is 1. The number of rotatable bonds is 3. The molecule has 0 fully saturated rings. The summed E-state index contributed by atoms with van der Waals surface area (Å²) < 4.78 is 12.9. The molecule has 2 aromatic carbocycles. The highest BCUT2D eigenvalue weighted by Gasteiger charge is 2.22. The van der Waals surface area contributed by atoms with Gasteiger partial charge in [0.2, 0.25) is 0 Å². The predicted octanol–water partition coefficient (Wildman–Crippen LogP) is 3.16. The van der Waals surface area contributed by atoms with Crippen LogP contribution in [0.25, 0.3) is 0 Å². The second kappa shape index (κ2) is 5.98. The molecule has 1 atom stereocenters. The summed E-state index contributed by atoms with van der Waals surface area (Å²) in [5.74, 6) is -0.621. The molecular weight excluding hydrogens is 255 g/mol. The largest absolute Gasteiger partial charge is 0.322 e. The van der Waals surface area contributed by atoms with Crippen molar-refractivity contribution >= 4 is 5.91 Å². The lowest BCUT2D eigenvalue weighted by atomic mass is 10.1. The number of carbonyl (C=O) groups excluding carboxylic acids is 1. The SMILES string of the molecule is CN(C(=O)c1ccccc1)C(C#N)c1ccc(F)cc1. The Kier molecular flexibility index (Phi) is 4.11. The average molecular weight is 268 g/mol. The molecule has 0 radical (unpaired) electrons. The Morgan fingerprint density at radius 3 is 2.30 bits per heavy atom. The lowest BCUT2D eigenvalue weighted by Gasteiger charge is -2.23. The molecule has 0 saturated carbocycles. The van der Waals surface area contributed by atoms with E-state index in [2.05, 4.69) is 6.07 Å². The Balaban J connectivity index is 2.26. The molecule has 20 heavy (non-hydrogen) atoms. The quantitative estimate of drug-likeness (QED) is 0.858. The van der Waals surface area contributed by atoms with Crippen molar-refractivity contribution in [2.75, 3.05) is 7.05 Å². The Labute approximate surface area is 116 Å². The van der Waals surface area contributed by atoms with Gasteiger partial charge in [0.15, 0.2) is 0 Å². The van der Waals surface area contributed by atoms with Crippen LogP contribution in [0.2, 0.25) is 0 Å². The zero-order valence-corrected chi connectivity index (χ0v) is 11.0. The van der Waals surface area contributed by atoms with Crippen LogP contribution >= 0.6 is 0 Å². The van der Waals surface area contributed by atoms with Crippen molar-refractivity contribution in [2.45, 2.75) is 6.04 Å². The standard InChI is InChI=1S/C16H13FN2O/c1-19(16(20)13-5-3-2-4-6-13)15(11-18)12-7-9-14(17)10-8-12/h2-10,15H,1H3. The summed E-state index contributed by atoms with van der Waals surface area (Å²) in [7, 11) is 1.56. The summed E-state index contributed by atoms with van der Waals surface area (Å²) >= 11 is 0. The molecule has 0 aliphatic carbocycles. The molecule has 2 rings (SSSR count). The fourth-order valence-corrected chi connectivity index (χ4v) is 1.93. The normalized spacial score (nSPS) is 11.4. The number of hydrogen-bond acceptors (Lipinski definition) is 2. The lowest BCUT2D eigenvalue weighted by molar-refractivity contribution is 0.0763. The van der Waals surface area contributed by atoms with Crippen LogP contribution in [0.5, 0.6) is 0 Å². The first-order valence-corrected chi connectivity index (χ1v) is 6.11. The molecule has 100 valence electrons. The van der Waals surface area contributed by atoms with Gasteiger partial charge in [-0.3, -0.25) is 4.79 Å². The number of nitrogens with zero attached hydrogens (tertiary/aromatic N) is 2. The van der Waals surface area contributed by atoms with E-state index in [4.69, 9.17) is 0 Å². The fraction of sp³-hybridized carbons (Fsp3) is 0.125. The van der Waals surface area contributed by atoms with Crippen LogP contribution in [0.3, 0.4) is 0 Å². The van der Waals surface area contributed by atoms with E-state index in [1.165, 1.54) is 29.2 Å². The number of benzene rings is 2. The van der Waals surface area contributed by atoms with E-state index in [-0.39, 0.29) is 11.7 Å². The third-order valence-electron chi connectivity index (χ3n) is 3.04. The van der Waals surface area contributed by atoms with Crippen molar-refractivity contribution in [1.29, 1.82) is 5.26 Å². The monoisotopic (exact) mass is 268 g/mol. The van der Waals surface area contributed by atoms with Crippen LogP contribution in [-0.2, 0) is 0 Å². The molecule has 3 nitrogen and oxygen atoms in total. The summed E-state index contributed by atoms with van der Waals surface area (Å²) in [6, 6.07) is 15.6. The molecule has 0 N–H and O–H groups in total. The van der Waals surface area contributed by atoms with Crippen molar-refractivity contribution in [3.8, 4) is 6.07 Å². The molecule has 0 aliphatic heterocycles.